The van der Waals surface area contributed by atoms with Crippen LogP contribution in [-0.2, 0) is 15.9 Å². The molecule has 2 saturated heterocycles. The number of nitrogens with zero attached hydrogens (tertiary/aromatic N) is 5. The molecule has 1 N–H and O–H groups in total. The molecule has 5 rings (SSSR count). The second-order valence-electron chi connectivity index (χ2n) is 8.60. The highest BCUT2D eigenvalue weighted by Crippen LogP contribution is 2.31. The molecule has 0 amide bonds. The van der Waals surface area contributed by atoms with E-state index in [2.05, 4.69) is 21.2 Å². The lowest BCUT2D eigenvalue weighted by atomic mass is 10.0. The fourth-order valence-electron chi connectivity index (χ4n) is 4.46. The molecule has 2 aliphatic heterocycles. The van der Waals surface area contributed by atoms with Crippen LogP contribution in [0.3, 0.4) is 0 Å². The van der Waals surface area contributed by atoms with Gasteiger partial charge in [-0.15, -0.1) is 0 Å². The van der Waals surface area contributed by atoms with E-state index in [-0.39, 0.29) is 5.82 Å². The van der Waals surface area contributed by atoms with Crippen molar-refractivity contribution in [3.63, 3.8) is 0 Å². The predicted octanol–water partition coefficient (Wildman–Crippen LogP) is 3.37. The minimum Gasteiger partial charge on any atom is -0.378 e. The largest absolute Gasteiger partial charge is 0.378 e. The van der Waals surface area contributed by atoms with E-state index in [0.717, 1.165) is 56.5 Å². The number of ether oxygens (including phenoxy) is 2. The number of anilines is 3. The van der Waals surface area contributed by atoms with Crippen molar-refractivity contribution in [2.75, 3.05) is 74.3 Å². The fraction of sp³-hybridized carbons (Fsp3) is 0.423. The number of nitrogens with one attached hydrogen (secondary N) is 1. The molecular weight excluding hydrogens is 447 g/mol. The van der Waals surface area contributed by atoms with Gasteiger partial charge in [0.15, 0.2) is 5.82 Å². The van der Waals surface area contributed by atoms with Gasteiger partial charge in [0, 0.05) is 44.7 Å². The van der Waals surface area contributed by atoms with Gasteiger partial charge >= 0.3 is 0 Å². The van der Waals surface area contributed by atoms with Crippen LogP contribution < -0.4 is 15.1 Å². The Labute approximate surface area is 205 Å². The smallest absolute Gasteiger partial charge is 0.182 e. The van der Waals surface area contributed by atoms with Crippen LogP contribution in [-0.4, -0.2) is 74.1 Å². The van der Waals surface area contributed by atoms with Crippen molar-refractivity contribution in [2.45, 2.75) is 13.3 Å². The van der Waals surface area contributed by atoms with E-state index in [9.17, 15) is 4.39 Å². The average Bonchev–Trinajstić information content (AvgIpc) is 2.92. The first-order valence-corrected chi connectivity index (χ1v) is 12.2. The summed E-state index contributed by atoms with van der Waals surface area (Å²) in [5.41, 5.74) is 3.26. The third-order valence-electron chi connectivity index (χ3n) is 6.32. The summed E-state index contributed by atoms with van der Waals surface area (Å²) in [7, 11) is 0. The number of hydrogen-bond donors (Lipinski definition) is 1. The first-order chi connectivity index (χ1) is 17.2. The van der Waals surface area contributed by atoms with Gasteiger partial charge in [0.05, 0.1) is 38.3 Å². The molecule has 0 bridgehead atoms. The zero-order valence-corrected chi connectivity index (χ0v) is 20.0. The molecule has 0 saturated carbocycles. The Bertz CT molecular complexity index is 1130. The van der Waals surface area contributed by atoms with Crippen LogP contribution in [0.4, 0.5) is 21.7 Å². The van der Waals surface area contributed by atoms with Crippen LogP contribution in [0.1, 0.15) is 18.1 Å². The zero-order chi connectivity index (χ0) is 24.0. The number of rotatable bonds is 7. The molecule has 3 aromatic rings. The van der Waals surface area contributed by atoms with Crippen molar-refractivity contribution in [3.8, 4) is 11.5 Å². The minimum atomic E-state index is -0.229. The summed E-state index contributed by atoms with van der Waals surface area (Å²) in [6, 6.07) is 10.9. The Kier molecular flexibility index (Phi) is 7.34. The molecule has 4 heterocycles. The van der Waals surface area contributed by atoms with Crippen molar-refractivity contribution >= 4 is 17.3 Å². The van der Waals surface area contributed by atoms with E-state index in [1.54, 1.807) is 6.07 Å². The number of aromatic nitrogens is 3. The maximum Gasteiger partial charge on any atom is 0.182 e. The van der Waals surface area contributed by atoms with Gasteiger partial charge in [-0.25, -0.2) is 14.4 Å². The van der Waals surface area contributed by atoms with Crippen LogP contribution in [0.25, 0.3) is 11.5 Å². The Morgan fingerprint density at radius 2 is 1.63 bits per heavy atom. The van der Waals surface area contributed by atoms with E-state index >= 15 is 0 Å². The summed E-state index contributed by atoms with van der Waals surface area (Å²) in [5.74, 6) is 1.83. The summed E-state index contributed by atoms with van der Waals surface area (Å²) in [6.45, 7) is 8.56. The van der Waals surface area contributed by atoms with Crippen molar-refractivity contribution in [1.29, 1.82) is 0 Å². The zero-order valence-electron chi connectivity index (χ0n) is 20.0. The topological polar surface area (TPSA) is 75.6 Å². The van der Waals surface area contributed by atoms with E-state index in [4.69, 9.17) is 24.4 Å². The number of benzene rings is 1. The van der Waals surface area contributed by atoms with Crippen LogP contribution in [0.2, 0.25) is 0 Å². The second kappa shape index (κ2) is 11.0. The molecule has 35 heavy (non-hydrogen) atoms. The average molecular weight is 479 g/mol. The standard InChI is InChI=1S/C26H31FN6O2/c1-2-28-24-21(17-19-5-3-4-6-22(19)27)26(33-11-15-35-16-12-33)31-25(30-24)23-8-7-20(18-29-23)32-9-13-34-14-10-32/h3-8,18H,2,9-17H2,1H3,(H,28,30,31). The van der Waals surface area contributed by atoms with Gasteiger partial charge in [0.1, 0.15) is 23.1 Å². The maximum absolute atomic E-state index is 14.6. The summed E-state index contributed by atoms with van der Waals surface area (Å²) < 4.78 is 25.6. The summed E-state index contributed by atoms with van der Waals surface area (Å²) in [5, 5.41) is 3.39. The highest BCUT2D eigenvalue weighted by Gasteiger charge is 2.23. The van der Waals surface area contributed by atoms with Crippen LogP contribution in [0.5, 0.6) is 0 Å². The van der Waals surface area contributed by atoms with Gasteiger partial charge in [-0.2, -0.15) is 0 Å². The normalized spacial score (nSPS) is 16.4. The SMILES string of the molecule is CCNc1nc(-c2ccc(N3CCOCC3)cn2)nc(N2CCOCC2)c1Cc1ccccc1F. The van der Waals surface area contributed by atoms with Crippen LogP contribution in [0.15, 0.2) is 42.6 Å². The molecule has 2 fully saturated rings. The molecule has 2 aliphatic rings. The number of hydrogen-bond acceptors (Lipinski definition) is 8. The number of halogens is 1. The summed E-state index contributed by atoms with van der Waals surface area (Å²) >= 11 is 0. The summed E-state index contributed by atoms with van der Waals surface area (Å²) in [6.07, 6.45) is 2.27. The number of pyridine rings is 1. The van der Waals surface area contributed by atoms with Crippen LogP contribution in [0, 0.1) is 5.82 Å². The molecule has 1 aromatic carbocycles. The molecule has 0 spiro atoms. The van der Waals surface area contributed by atoms with Crippen LogP contribution >= 0.6 is 0 Å². The lowest BCUT2D eigenvalue weighted by Gasteiger charge is -2.30. The third kappa shape index (κ3) is 5.36. The fourth-order valence-corrected chi connectivity index (χ4v) is 4.46. The Balaban J connectivity index is 1.54. The monoisotopic (exact) mass is 478 g/mol. The van der Waals surface area contributed by atoms with E-state index < -0.39 is 0 Å². The van der Waals surface area contributed by atoms with E-state index in [1.807, 2.05) is 31.3 Å². The highest BCUT2D eigenvalue weighted by atomic mass is 19.1. The maximum atomic E-state index is 14.6. The molecule has 0 unspecified atom stereocenters. The molecule has 0 aliphatic carbocycles. The molecule has 8 nitrogen and oxygen atoms in total. The van der Waals surface area contributed by atoms with Crippen molar-refractivity contribution in [3.05, 3.63) is 59.5 Å². The Morgan fingerprint density at radius 3 is 2.29 bits per heavy atom. The van der Waals surface area contributed by atoms with Gasteiger partial charge in [0.2, 0.25) is 0 Å². The lowest BCUT2D eigenvalue weighted by Crippen LogP contribution is -2.37. The van der Waals surface area contributed by atoms with Crippen molar-refractivity contribution < 1.29 is 13.9 Å². The predicted molar refractivity (Wildman–Crippen MR) is 135 cm³/mol. The molecular formula is C26H31FN6O2. The first-order valence-electron chi connectivity index (χ1n) is 12.2. The van der Waals surface area contributed by atoms with E-state index in [0.29, 0.717) is 49.1 Å². The van der Waals surface area contributed by atoms with E-state index in [1.165, 1.54) is 6.07 Å². The minimum absolute atomic E-state index is 0.229. The van der Waals surface area contributed by atoms with Crippen molar-refractivity contribution in [2.24, 2.45) is 0 Å². The van der Waals surface area contributed by atoms with Gasteiger partial charge in [0.25, 0.3) is 0 Å². The molecule has 184 valence electrons. The Hall–Kier alpha value is -3.30. The first kappa shape index (κ1) is 23.4. The molecule has 2 aromatic heterocycles. The van der Waals surface area contributed by atoms with Gasteiger partial charge in [-0.3, -0.25) is 4.98 Å². The van der Waals surface area contributed by atoms with Gasteiger partial charge in [-0.05, 0) is 30.7 Å². The molecule has 0 radical (unpaired) electrons. The Morgan fingerprint density at radius 1 is 0.914 bits per heavy atom. The quantitative estimate of drug-likeness (QED) is 0.554. The van der Waals surface area contributed by atoms with Crippen molar-refractivity contribution in [1.82, 2.24) is 15.0 Å². The highest BCUT2D eigenvalue weighted by molar-refractivity contribution is 5.67. The molecule has 0 atom stereocenters. The number of morpholine rings is 2. The molecule has 9 heteroatoms. The summed E-state index contributed by atoms with van der Waals surface area (Å²) in [4.78, 5) is 19.0. The van der Waals surface area contributed by atoms with Gasteiger partial charge in [-0.1, -0.05) is 18.2 Å². The second-order valence-corrected chi connectivity index (χ2v) is 8.60. The lowest BCUT2D eigenvalue weighted by molar-refractivity contribution is 0.122. The third-order valence-corrected chi connectivity index (χ3v) is 6.32. The van der Waals surface area contributed by atoms with Gasteiger partial charge < -0.3 is 24.6 Å².